The Morgan fingerprint density at radius 2 is 0.977 bits per heavy atom. The fourth-order valence-corrected chi connectivity index (χ4v) is 3.20. The predicted molar refractivity (Wildman–Crippen MR) is 155 cm³/mol. The number of rotatable bonds is 11. The minimum Gasteiger partial charge on any atom is -0.478 e. The van der Waals surface area contributed by atoms with Crippen molar-refractivity contribution in [3.63, 3.8) is 0 Å². The lowest BCUT2D eigenvalue weighted by molar-refractivity contribution is -0.134. The molecule has 43 heavy (non-hydrogen) atoms. The van der Waals surface area contributed by atoms with E-state index >= 15 is 0 Å². The number of aliphatic carboxylic acids is 6. The summed E-state index contributed by atoms with van der Waals surface area (Å²) in [4.78, 5) is 64.7. The number of benzene rings is 1. The van der Waals surface area contributed by atoms with Gasteiger partial charge in [0.1, 0.15) is 0 Å². The van der Waals surface area contributed by atoms with Crippen LogP contribution in [-0.4, -0.2) is 135 Å². The van der Waals surface area contributed by atoms with Crippen molar-refractivity contribution < 1.29 is 59.4 Å². The third-order valence-electron chi connectivity index (χ3n) is 5.23. The van der Waals surface area contributed by atoms with Crippen molar-refractivity contribution in [2.24, 2.45) is 0 Å². The summed E-state index contributed by atoms with van der Waals surface area (Å²) in [6, 6.07) is 11.4. The van der Waals surface area contributed by atoms with Crippen molar-refractivity contribution in [3.8, 4) is 0 Å². The van der Waals surface area contributed by atoms with Crippen LogP contribution < -0.4 is 0 Å². The van der Waals surface area contributed by atoms with Gasteiger partial charge in [0.2, 0.25) is 0 Å². The zero-order valence-corrected chi connectivity index (χ0v) is 24.1. The van der Waals surface area contributed by atoms with Crippen LogP contribution in [0.5, 0.6) is 0 Å². The summed E-state index contributed by atoms with van der Waals surface area (Å²) in [6.45, 7) is 6.04. The molecule has 1 fully saturated rings. The van der Waals surface area contributed by atoms with Crippen LogP contribution in [0.1, 0.15) is 18.0 Å². The number of hydrogen-bond donors (Lipinski definition) is 6. The average molecular weight is 610 g/mol. The summed E-state index contributed by atoms with van der Waals surface area (Å²) >= 11 is 0. The fourth-order valence-electron chi connectivity index (χ4n) is 3.20. The zero-order chi connectivity index (χ0) is 33.4. The van der Waals surface area contributed by atoms with Gasteiger partial charge in [-0.2, -0.15) is 0 Å². The molecule has 0 radical (unpaired) electrons. The maximum absolute atomic E-state index is 9.55. The highest BCUT2D eigenvalue weighted by atomic mass is 16.4. The van der Waals surface area contributed by atoms with Gasteiger partial charge in [0.05, 0.1) is 0 Å². The highest BCUT2D eigenvalue weighted by Crippen LogP contribution is 2.22. The molecule has 1 heterocycles. The fraction of sp³-hybridized carbons (Fsp3) is 0.357. The summed E-state index contributed by atoms with van der Waals surface area (Å²) in [5.74, 6) is -7.54. The van der Waals surface area contributed by atoms with Crippen LogP contribution in [0.25, 0.3) is 0 Å². The van der Waals surface area contributed by atoms with E-state index in [1.807, 2.05) is 0 Å². The maximum Gasteiger partial charge on any atom is 0.328 e. The van der Waals surface area contributed by atoms with Gasteiger partial charge in [0.15, 0.2) is 0 Å². The topological polar surface area (TPSA) is 234 Å². The molecule has 1 atom stereocenters. The Balaban J connectivity index is 0. The number of nitrogens with zero attached hydrogens (tertiary/aromatic N) is 3. The van der Waals surface area contributed by atoms with Crippen molar-refractivity contribution in [2.75, 3.05) is 53.9 Å². The van der Waals surface area contributed by atoms with Gasteiger partial charge in [0.25, 0.3) is 0 Å². The van der Waals surface area contributed by atoms with Crippen LogP contribution >= 0.6 is 0 Å². The number of carboxylic acids is 6. The number of carbonyl (C=O) groups is 6. The third kappa shape index (κ3) is 27.1. The first kappa shape index (κ1) is 40.3. The second-order valence-corrected chi connectivity index (χ2v) is 8.85. The van der Waals surface area contributed by atoms with E-state index in [1.54, 1.807) is 0 Å². The monoisotopic (exact) mass is 609 g/mol. The lowest BCUT2D eigenvalue weighted by Crippen LogP contribution is -2.45. The van der Waals surface area contributed by atoms with Crippen molar-refractivity contribution >= 4 is 35.8 Å². The summed E-state index contributed by atoms with van der Waals surface area (Å²) in [5.41, 5.74) is 1.43. The molecule has 15 nitrogen and oxygen atoms in total. The Bertz CT molecular complexity index is 980. The minimum absolute atomic E-state index is 0.529. The Labute approximate surface area is 248 Å². The van der Waals surface area contributed by atoms with E-state index in [4.69, 9.17) is 30.6 Å². The molecule has 6 N–H and O–H groups in total. The van der Waals surface area contributed by atoms with Crippen molar-refractivity contribution in [3.05, 3.63) is 72.4 Å². The molecule has 0 aliphatic carbocycles. The third-order valence-corrected chi connectivity index (χ3v) is 5.23. The van der Waals surface area contributed by atoms with Crippen LogP contribution in [0, 0.1) is 0 Å². The Hall–Kier alpha value is -4.86. The number of carboxylic acid groups (broad SMARTS) is 6. The lowest BCUT2D eigenvalue weighted by atomic mass is 10.0. The molecule has 1 aromatic carbocycles. The average Bonchev–Trinajstić information content (AvgIpc) is 2.92. The van der Waals surface area contributed by atoms with E-state index in [9.17, 15) is 28.8 Å². The van der Waals surface area contributed by atoms with Crippen molar-refractivity contribution in [1.82, 2.24) is 14.7 Å². The largest absolute Gasteiger partial charge is 0.478 e. The van der Waals surface area contributed by atoms with Gasteiger partial charge in [-0.15, -0.1) is 0 Å². The molecule has 1 aromatic rings. The molecule has 2 rings (SSSR count). The van der Waals surface area contributed by atoms with E-state index in [1.165, 1.54) is 44.7 Å². The molecule has 1 saturated heterocycles. The normalized spacial score (nSPS) is 14.0. The molecular formula is C28H39N3O12. The van der Waals surface area contributed by atoms with Crippen LogP contribution in [0.2, 0.25) is 0 Å². The van der Waals surface area contributed by atoms with E-state index < -0.39 is 35.8 Å². The predicted octanol–water partition coefficient (Wildman–Crippen LogP) is 1.06. The number of likely N-dealkylation sites (N-methyl/N-ethyl adjacent to an activating group) is 1. The van der Waals surface area contributed by atoms with E-state index in [-0.39, 0.29) is 0 Å². The molecule has 0 amide bonds. The molecule has 15 heteroatoms. The van der Waals surface area contributed by atoms with Gasteiger partial charge in [-0.25, -0.2) is 28.8 Å². The summed E-state index contributed by atoms with van der Waals surface area (Å²) in [7, 11) is 6.58. The van der Waals surface area contributed by atoms with Crippen molar-refractivity contribution in [1.29, 1.82) is 0 Å². The Morgan fingerprint density at radius 1 is 0.651 bits per heavy atom. The van der Waals surface area contributed by atoms with Gasteiger partial charge in [-0.3, -0.25) is 0 Å². The summed E-state index contributed by atoms with van der Waals surface area (Å²) < 4.78 is 0. The molecule has 0 bridgehead atoms. The second-order valence-electron chi connectivity index (χ2n) is 8.85. The molecule has 1 unspecified atom stereocenters. The van der Waals surface area contributed by atoms with E-state index in [0.29, 0.717) is 42.5 Å². The second kappa shape index (κ2) is 23.8. The molecule has 0 saturated carbocycles. The molecular weight excluding hydrogens is 570 g/mol. The van der Waals surface area contributed by atoms with E-state index in [2.05, 4.69) is 66.2 Å². The lowest BCUT2D eigenvalue weighted by Gasteiger charge is -2.34. The van der Waals surface area contributed by atoms with Gasteiger partial charge >= 0.3 is 35.8 Å². The maximum atomic E-state index is 9.55. The van der Waals surface area contributed by atoms with E-state index in [0.717, 1.165) is 0 Å². The molecule has 1 aliphatic heterocycles. The smallest absolute Gasteiger partial charge is 0.328 e. The van der Waals surface area contributed by atoms with Crippen LogP contribution in [-0.2, 0) is 28.8 Å². The molecule has 238 valence electrons. The first-order chi connectivity index (χ1) is 20.0. The molecule has 0 aromatic heterocycles. The Morgan fingerprint density at radius 3 is 1.26 bits per heavy atom. The highest BCUT2D eigenvalue weighted by molar-refractivity contribution is 5.90. The van der Waals surface area contributed by atoms with Gasteiger partial charge in [-0.1, -0.05) is 30.3 Å². The minimum atomic E-state index is -1.26. The van der Waals surface area contributed by atoms with Gasteiger partial charge < -0.3 is 45.3 Å². The first-order valence-corrected chi connectivity index (χ1v) is 12.6. The molecule has 0 spiro atoms. The summed E-state index contributed by atoms with van der Waals surface area (Å²) in [6.07, 6.45) is 4.56. The standard InChI is InChI=1S/C16H27N3.3C4H4O4/c1-17(2)16(15-7-5-4-6-8-15)9-10-19-13-11-18(3)12-14-19;3*5-3(6)1-2-4(7)8/h4-8,16H,9-14H2,1-3H3;3*1-2H,(H,5,6)(H,7,8)/b;3*2-1+. The van der Waals surface area contributed by atoms with Crippen molar-refractivity contribution in [2.45, 2.75) is 12.5 Å². The number of piperazine rings is 1. The van der Waals surface area contributed by atoms with Gasteiger partial charge in [-0.05, 0) is 33.1 Å². The quantitative estimate of drug-likeness (QED) is 0.192. The van der Waals surface area contributed by atoms with Crippen LogP contribution in [0.3, 0.4) is 0 Å². The number of hydrogen-bond acceptors (Lipinski definition) is 9. The zero-order valence-electron chi connectivity index (χ0n) is 24.1. The first-order valence-electron chi connectivity index (χ1n) is 12.6. The van der Waals surface area contributed by atoms with Crippen LogP contribution in [0.15, 0.2) is 66.8 Å². The molecule has 1 aliphatic rings. The SMILES string of the molecule is CN1CCN(CCC(c2ccccc2)N(C)C)CC1.O=C(O)/C=C/C(=O)O.O=C(O)/C=C/C(=O)O.O=C(O)/C=C/C(=O)O. The highest BCUT2D eigenvalue weighted by Gasteiger charge is 2.18. The van der Waals surface area contributed by atoms with Crippen LogP contribution in [0.4, 0.5) is 0 Å². The van der Waals surface area contributed by atoms with Gasteiger partial charge in [0, 0.05) is 75.2 Å². The Kier molecular flexibility index (Phi) is 22.3. The summed E-state index contributed by atoms with van der Waals surface area (Å²) in [5, 5.41) is 46.9.